The molecule has 3 N–H and O–H groups in total. The lowest BCUT2D eigenvalue weighted by Gasteiger charge is -2.11. The summed E-state index contributed by atoms with van der Waals surface area (Å²) in [7, 11) is -3.22. The van der Waals surface area contributed by atoms with Crippen LogP contribution in [-0.2, 0) is 9.84 Å². The predicted molar refractivity (Wildman–Crippen MR) is 77.2 cm³/mol. The molecule has 1 aliphatic rings. The van der Waals surface area contributed by atoms with E-state index in [0.29, 0.717) is 18.0 Å². The van der Waals surface area contributed by atoms with E-state index in [1.54, 1.807) is 0 Å². The summed E-state index contributed by atoms with van der Waals surface area (Å²) in [4.78, 5) is 12.2. The van der Waals surface area contributed by atoms with Crippen molar-refractivity contribution in [3.05, 3.63) is 29.8 Å². The van der Waals surface area contributed by atoms with E-state index < -0.39 is 9.84 Å². The van der Waals surface area contributed by atoms with Crippen LogP contribution in [0.1, 0.15) is 29.6 Å². The Morgan fingerprint density at radius 3 is 2.45 bits per heavy atom. The lowest BCUT2D eigenvalue weighted by Crippen LogP contribution is -2.29. The van der Waals surface area contributed by atoms with Crippen molar-refractivity contribution < 1.29 is 13.2 Å². The maximum atomic E-state index is 12.0. The summed E-state index contributed by atoms with van der Waals surface area (Å²) in [6, 6.07) is 6.23. The van der Waals surface area contributed by atoms with E-state index >= 15 is 0 Å². The molecule has 5 nitrogen and oxygen atoms in total. The van der Waals surface area contributed by atoms with Crippen LogP contribution < -0.4 is 11.1 Å². The number of nitrogens with one attached hydrogen (secondary N) is 1. The second-order valence-electron chi connectivity index (χ2n) is 5.45. The van der Waals surface area contributed by atoms with Gasteiger partial charge in [-0.05, 0) is 49.4 Å². The second kappa shape index (κ2) is 5.93. The number of hydrogen-bond acceptors (Lipinski definition) is 4. The molecule has 20 heavy (non-hydrogen) atoms. The van der Waals surface area contributed by atoms with Gasteiger partial charge in [-0.3, -0.25) is 4.79 Å². The Balaban J connectivity index is 1.92. The van der Waals surface area contributed by atoms with Crippen molar-refractivity contribution >= 4 is 15.7 Å². The van der Waals surface area contributed by atoms with Gasteiger partial charge in [0.1, 0.15) is 0 Å². The van der Waals surface area contributed by atoms with Gasteiger partial charge in [0.25, 0.3) is 5.91 Å². The van der Waals surface area contributed by atoms with Crippen LogP contribution in [-0.4, -0.2) is 33.2 Å². The monoisotopic (exact) mass is 296 g/mol. The summed E-state index contributed by atoms with van der Waals surface area (Å²) in [6.45, 7) is 0.625. The Bertz CT molecular complexity index is 581. The van der Waals surface area contributed by atoms with E-state index in [9.17, 15) is 13.2 Å². The van der Waals surface area contributed by atoms with E-state index in [1.807, 2.05) is 0 Å². The van der Waals surface area contributed by atoms with Crippen molar-refractivity contribution in [3.8, 4) is 0 Å². The lowest BCUT2D eigenvalue weighted by atomic mass is 10.1. The highest BCUT2D eigenvalue weighted by Gasteiger charge is 2.22. The van der Waals surface area contributed by atoms with Crippen molar-refractivity contribution in [1.82, 2.24) is 5.32 Å². The minimum Gasteiger partial charge on any atom is -0.352 e. The molecule has 110 valence electrons. The molecule has 0 spiro atoms. The Hall–Kier alpha value is -1.40. The highest BCUT2D eigenvalue weighted by atomic mass is 32.2. The number of rotatable bonds is 4. The summed E-state index contributed by atoms with van der Waals surface area (Å²) >= 11 is 0. The van der Waals surface area contributed by atoms with Gasteiger partial charge in [0.2, 0.25) is 0 Å². The Morgan fingerprint density at radius 1 is 1.30 bits per heavy atom. The molecule has 0 heterocycles. The summed E-state index contributed by atoms with van der Waals surface area (Å²) in [6.07, 6.45) is 4.16. The van der Waals surface area contributed by atoms with Gasteiger partial charge in [0, 0.05) is 24.4 Å². The van der Waals surface area contributed by atoms with E-state index in [4.69, 9.17) is 5.73 Å². The molecule has 0 radical (unpaired) electrons. The molecule has 0 aromatic heterocycles. The molecule has 1 saturated carbocycles. The van der Waals surface area contributed by atoms with Crippen LogP contribution >= 0.6 is 0 Å². The first kappa shape index (κ1) is 15.0. The van der Waals surface area contributed by atoms with Crippen LogP contribution in [0.2, 0.25) is 0 Å². The van der Waals surface area contributed by atoms with Crippen molar-refractivity contribution in [2.45, 2.75) is 30.2 Å². The molecular weight excluding hydrogens is 276 g/mol. The molecule has 0 aliphatic heterocycles. The number of nitrogens with two attached hydrogens (primary N) is 1. The maximum absolute atomic E-state index is 12.0. The second-order valence-corrected chi connectivity index (χ2v) is 7.46. The van der Waals surface area contributed by atoms with Crippen LogP contribution in [0.4, 0.5) is 0 Å². The van der Waals surface area contributed by atoms with Gasteiger partial charge in [0.05, 0.1) is 4.90 Å². The average Bonchev–Trinajstić information content (AvgIpc) is 2.81. The van der Waals surface area contributed by atoms with Crippen molar-refractivity contribution in [2.24, 2.45) is 11.7 Å². The minimum absolute atomic E-state index is 0.175. The van der Waals surface area contributed by atoms with E-state index in [-0.39, 0.29) is 16.8 Å². The fourth-order valence-corrected chi connectivity index (χ4v) is 3.12. The lowest BCUT2D eigenvalue weighted by molar-refractivity contribution is 0.0947. The first-order chi connectivity index (χ1) is 9.36. The van der Waals surface area contributed by atoms with Gasteiger partial charge in [-0.1, -0.05) is 0 Å². The molecule has 1 aliphatic carbocycles. The SMILES string of the molecule is CS(=O)(=O)c1ccc(C(=O)NCC2CCC(N)C2)cc1. The Labute approximate surface area is 119 Å². The first-order valence-corrected chi connectivity index (χ1v) is 8.59. The minimum atomic E-state index is -3.22. The number of sulfone groups is 1. The maximum Gasteiger partial charge on any atom is 0.251 e. The Morgan fingerprint density at radius 2 is 1.95 bits per heavy atom. The number of carbonyl (C=O) groups is 1. The van der Waals surface area contributed by atoms with E-state index in [2.05, 4.69) is 5.32 Å². The third-order valence-corrected chi connectivity index (χ3v) is 4.81. The van der Waals surface area contributed by atoms with Crippen LogP contribution in [0.5, 0.6) is 0 Å². The fraction of sp³-hybridized carbons (Fsp3) is 0.500. The van der Waals surface area contributed by atoms with E-state index in [0.717, 1.165) is 25.5 Å². The fourth-order valence-electron chi connectivity index (χ4n) is 2.49. The molecule has 1 amide bonds. The highest BCUT2D eigenvalue weighted by Crippen LogP contribution is 2.23. The number of carbonyl (C=O) groups excluding carboxylic acids is 1. The molecule has 1 fully saturated rings. The van der Waals surface area contributed by atoms with Gasteiger partial charge in [-0.25, -0.2) is 8.42 Å². The number of hydrogen-bond donors (Lipinski definition) is 2. The Kier molecular flexibility index (Phi) is 4.45. The van der Waals surface area contributed by atoms with Gasteiger partial charge >= 0.3 is 0 Å². The van der Waals surface area contributed by atoms with Crippen LogP contribution in [0, 0.1) is 5.92 Å². The largest absolute Gasteiger partial charge is 0.352 e. The number of amides is 1. The molecule has 0 saturated heterocycles. The normalized spacial score (nSPS) is 22.7. The van der Waals surface area contributed by atoms with Gasteiger partial charge in [0.15, 0.2) is 9.84 Å². The molecule has 1 aromatic rings. The predicted octanol–water partition coefficient (Wildman–Crippen LogP) is 0.947. The van der Waals surface area contributed by atoms with Gasteiger partial charge < -0.3 is 11.1 Å². The third-order valence-electron chi connectivity index (χ3n) is 3.68. The van der Waals surface area contributed by atoms with Crippen LogP contribution in [0.3, 0.4) is 0 Å². The molecule has 2 unspecified atom stereocenters. The quantitative estimate of drug-likeness (QED) is 0.865. The van der Waals surface area contributed by atoms with Crippen LogP contribution in [0.15, 0.2) is 29.2 Å². The van der Waals surface area contributed by atoms with Crippen molar-refractivity contribution in [2.75, 3.05) is 12.8 Å². The summed E-state index contributed by atoms with van der Waals surface area (Å²) < 4.78 is 22.7. The molecule has 0 bridgehead atoms. The average molecular weight is 296 g/mol. The molecular formula is C14H20N2O3S. The van der Waals surface area contributed by atoms with Crippen LogP contribution in [0.25, 0.3) is 0 Å². The third kappa shape index (κ3) is 3.80. The van der Waals surface area contributed by atoms with Gasteiger partial charge in [-0.15, -0.1) is 0 Å². The zero-order valence-corrected chi connectivity index (χ0v) is 12.3. The molecule has 6 heteroatoms. The first-order valence-electron chi connectivity index (χ1n) is 6.70. The smallest absolute Gasteiger partial charge is 0.251 e. The van der Waals surface area contributed by atoms with Crippen molar-refractivity contribution in [1.29, 1.82) is 0 Å². The van der Waals surface area contributed by atoms with Crippen molar-refractivity contribution in [3.63, 3.8) is 0 Å². The molecule has 2 atom stereocenters. The summed E-state index contributed by atoms with van der Waals surface area (Å²) in [5, 5.41) is 2.88. The zero-order chi connectivity index (χ0) is 14.8. The number of benzene rings is 1. The summed E-state index contributed by atoms with van der Waals surface area (Å²) in [5.41, 5.74) is 6.30. The zero-order valence-electron chi connectivity index (χ0n) is 11.5. The molecule has 2 rings (SSSR count). The molecule has 1 aromatic carbocycles. The van der Waals surface area contributed by atoms with E-state index in [1.165, 1.54) is 24.3 Å². The highest BCUT2D eigenvalue weighted by molar-refractivity contribution is 7.90. The standard InChI is InChI=1S/C14H20N2O3S/c1-20(18,19)13-6-3-11(4-7-13)14(17)16-9-10-2-5-12(15)8-10/h3-4,6-7,10,12H,2,5,8-9,15H2,1H3,(H,16,17). The van der Waals surface area contributed by atoms with Gasteiger partial charge in [-0.2, -0.15) is 0 Å². The topological polar surface area (TPSA) is 89.3 Å². The summed E-state index contributed by atoms with van der Waals surface area (Å²) in [5.74, 6) is 0.273.